The van der Waals surface area contributed by atoms with Crippen LogP contribution < -0.4 is 5.32 Å². The van der Waals surface area contributed by atoms with Crippen LogP contribution in [0.4, 0.5) is 0 Å². The Kier molecular flexibility index (Phi) is 1.85. The highest BCUT2D eigenvalue weighted by Crippen LogP contribution is 2.42. The molecular formula is C12H19N. The quantitative estimate of drug-likeness (QED) is 0.600. The monoisotopic (exact) mass is 177 g/mol. The van der Waals surface area contributed by atoms with Gasteiger partial charge in [-0.3, -0.25) is 0 Å². The molecule has 2 unspecified atom stereocenters. The average molecular weight is 177 g/mol. The molecular weight excluding hydrogens is 158 g/mol. The molecule has 1 aliphatic heterocycles. The van der Waals surface area contributed by atoms with Crippen LogP contribution in [0.3, 0.4) is 0 Å². The van der Waals surface area contributed by atoms with Gasteiger partial charge in [0.05, 0.1) is 0 Å². The summed E-state index contributed by atoms with van der Waals surface area (Å²) in [7, 11) is 0. The number of nitrogens with one attached hydrogen (secondary N) is 1. The lowest BCUT2D eigenvalue weighted by Crippen LogP contribution is -2.31. The molecule has 0 aromatic rings. The third-order valence-corrected chi connectivity index (χ3v) is 4.08. The molecule has 72 valence electrons. The molecule has 3 rings (SSSR count). The van der Waals surface area contributed by atoms with E-state index < -0.39 is 0 Å². The van der Waals surface area contributed by atoms with Crippen LogP contribution in [0.25, 0.3) is 0 Å². The Balaban J connectivity index is 1.85. The number of rotatable bonds is 0. The van der Waals surface area contributed by atoms with Crippen molar-refractivity contribution in [2.75, 3.05) is 0 Å². The topological polar surface area (TPSA) is 12.0 Å². The Labute approximate surface area is 80.6 Å². The van der Waals surface area contributed by atoms with E-state index in [1.165, 1.54) is 51.4 Å². The molecule has 3 aliphatic rings. The highest BCUT2D eigenvalue weighted by molar-refractivity contribution is 5.27. The van der Waals surface area contributed by atoms with E-state index in [9.17, 15) is 0 Å². The second-order valence-electron chi connectivity index (χ2n) is 4.85. The van der Waals surface area contributed by atoms with Crippen LogP contribution in [0.15, 0.2) is 11.3 Å². The largest absolute Gasteiger partial charge is 0.385 e. The Morgan fingerprint density at radius 2 is 1.77 bits per heavy atom. The molecule has 0 aromatic carbocycles. The van der Waals surface area contributed by atoms with Gasteiger partial charge in [0, 0.05) is 17.7 Å². The first kappa shape index (κ1) is 7.90. The molecule has 13 heavy (non-hydrogen) atoms. The first-order chi connectivity index (χ1) is 6.45. The zero-order valence-electron chi connectivity index (χ0n) is 8.31. The molecule has 1 heteroatoms. The molecule has 1 saturated carbocycles. The van der Waals surface area contributed by atoms with Crippen LogP contribution in [-0.4, -0.2) is 6.04 Å². The van der Waals surface area contributed by atoms with Crippen molar-refractivity contribution in [2.24, 2.45) is 5.92 Å². The van der Waals surface area contributed by atoms with Gasteiger partial charge < -0.3 is 5.32 Å². The summed E-state index contributed by atoms with van der Waals surface area (Å²) in [5, 5.41) is 3.77. The van der Waals surface area contributed by atoms with Gasteiger partial charge in [0.1, 0.15) is 0 Å². The van der Waals surface area contributed by atoms with Crippen LogP contribution in [-0.2, 0) is 0 Å². The lowest BCUT2D eigenvalue weighted by molar-refractivity contribution is 0.336. The van der Waals surface area contributed by atoms with Crippen molar-refractivity contribution in [3.63, 3.8) is 0 Å². The minimum Gasteiger partial charge on any atom is -0.385 e. The first-order valence-electron chi connectivity index (χ1n) is 5.93. The number of fused-ring (bicyclic) bond motifs is 2. The smallest absolute Gasteiger partial charge is 0.0324 e. The standard InChI is InChI=1S/C12H19N/c1-3-7-11-9(5-1)10-6-2-4-8-12(10)13-11/h9,11,13H,1-8H2. The van der Waals surface area contributed by atoms with Crippen molar-refractivity contribution in [2.45, 2.75) is 57.4 Å². The van der Waals surface area contributed by atoms with Crippen molar-refractivity contribution < 1.29 is 0 Å². The molecule has 0 radical (unpaired) electrons. The third kappa shape index (κ3) is 1.20. The summed E-state index contributed by atoms with van der Waals surface area (Å²) < 4.78 is 0. The van der Waals surface area contributed by atoms with Gasteiger partial charge in [0.2, 0.25) is 0 Å². The number of hydrogen-bond donors (Lipinski definition) is 1. The molecule has 2 atom stereocenters. The maximum absolute atomic E-state index is 3.77. The van der Waals surface area contributed by atoms with Gasteiger partial charge in [-0.1, -0.05) is 12.8 Å². The van der Waals surface area contributed by atoms with E-state index >= 15 is 0 Å². The van der Waals surface area contributed by atoms with Crippen LogP contribution in [0.1, 0.15) is 51.4 Å². The van der Waals surface area contributed by atoms with Crippen molar-refractivity contribution >= 4 is 0 Å². The number of allylic oxidation sites excluding steroid dienone is 1. The van der Waals surface area contributed by atoms with E-state index in [4.69, 9.17) is 0 Å². The fraction of sp³-hybridized carbons (Fsp3) is 0.833. The number of hydrogen-bond acceptors (Lipinski definition) is 1. The summed E-state index contributed by atoms with van der Waals surface area (Å²) in [5.74, 6) is 0.948. The van der Waals surface area contributed by atoms with Crippen molar-refractivity contribution in [3.8, 4) is 0 Å². The third-order valence-electron chi connectivity index (χ3n) is 4.08. The van der Waals surface area contributed by atoms with Crippen LogP contribution in [0.2, 0.25) is 0 Å². The van der Waals surface area contributed by atoms with Gasteiger partial charge in [-0.2, -0.15) is 0 Å². The first-order valence-corrected chi connectivity index (χ1v) is 5.93. The predicted octanol–water partition coefficient (Wildman–Crippen LogP) is 2.98. The lowest BCUT2D eigenvalue weighted by Gasteiger charge is -2.27. The van der Waals surface area contributed by atoms with Gasteiger partial charge in [-0.25, -0.2) is 0 Å². The molecule has 0 bridgehead atoms. The SMILES string of the molecule is C1CCC2=C(C1)NC1CCCCC21. The molecule has 0 saturated heterocycles. The zero-order chi connectivity index (χ0) is 8.67. The predicted molar refractivity (Wildman–Crippen MR) is 54.4 cm³/mol. The van der Waals surface area contributed by atoms with Crippen LogP contribution >= 0.6 is 0 Å². The Hall–Kier alpha value is -0.460. The highest BCUT2D eigenvalue weighted by atomic mass is 15.0. The van der Waals surface area contributed by atoms with Gasteiger partial charge in [-0.15, -0.1) is 0 Å². The molecule has 2 aliphatic carbocycles. The maximum Gasteiger partial charge on any atom is 0.0324 e. The molecule has 0 spiro atoms. The second-order valence-corrected chi connectivity index (χ2v) is 4.85. The molecule has 1 nitrogen and oxygen atoms in total. The van der Waals surface area contributed by atoms with E-state index in [0.717, 1.165) is 12.0 Å². The Morgan fingerprint density at radius 1 is 0.923 bits per heavy atom. The van der Waals surface area contributed by atoms with Crippen molar-refractivity contribution in [3.05, 3.63) is 11.3 Å². The van der Waals surface area contributed by atoms with Crippen LogP contribution in [0.5, 0.6) is 0 Å². The minimum atomic E-state index is 0.844. The van der Waals surface area contributed by atoms with Gasteiger partial charge >= 0.3 is 0 Å². The molecule has 0 aromatic heterocycles. The highest BCUT2D eigenvalue weighted by Gasteiger charge is 2.36. The maximum atomic E-state index is 3.77. The van der Waals surface area contributed by atoms with E-state index in [2.05, 4.69) is 5.32 Å². The summed E-state index contributed by atoms with van der Waals surface area (Å²) in [6.45, 7) is 0. The normalized spacial score (nSPS) is 38.2. The summed E-state index contributed by atoms with van der Waals surface area (Å²) in [4.78, 5) is 0. The molecule has 1 heterocycles. The van der Waals surface area contributed by atoms with Crippen molar-refractivity contribution in [1.29, 1.82) is 0 Å². The fourth-order valence-corrected chi connectivity index (χ4v) is 3.45. The fourth-order valence-electron chi connectivity index (χ4n) is 3.45. The van der Waals surface area contributed by atoms with Gasteiger partial charge in [0.15, 0.2) is 0 Å². The minimum absolute atomic E-state index is 0.844. The van der Waals surface area contributed by atoms with Gasteiger partial charge in [-0.05, 0) is 44.1 Å². The zero-order valence-corrected chi connectivity index (χ0v) is 8.31. The van der Waals surface area contributed by atoms with E-state index in [-0.39, 0.29) is 0 Å². The summed E-state index contributed by atoms with van der Waals surface area (Å²) in [5.41, 5.74) is 3.49. The van der Waals surface area contributed by atoms with E-state index in [0.29, 0.717) is 0 Å². The molecule has 1 N–H and O–H groups in total. The Morgan fingerprint density at radius 3 is 2.77 bits per heavy atom. The van der Waals surface area contributed by atoms with Gasteiger partial charge in [0.25, 0.3) is 0 Å². The van der Waals surface area contributed by atoms with Crippen LogP contribution in [0, 0.1) is 5.92 Å². The van der Waals surface area contributed by atoms with E-state index in [1.54, 1.807) is 5.70 Å². The average Bonchev–Trinajstić information content (AvgIpc) is 2.56. The summed E-state index contributed by atoms with van der Waals surface area (Å²) in [6, 6.07) is 0.844. The molecule has 1 fully saturated rings. The summed E-state index contributed by atoms with van der Waals surface area (Å²) in [6.07, 6.45) is 11.4. The molecule has 0 amide bonds. The van der Waals surface area contributed by atoms with Crippen molar-refractivity contribution in [1.82, 2.24) is 5.32 Å². The summed E-state index contributed by atoms with van der Waals surface area (Å²) >= 11 is 0. The second kappa shape index (κ2) is 3.04. The van der Waals surface area contributed by atoms with E-state index in [1.807, 2.05) is 5.57 Å². The lowest BCUT2D eigenvalue weighted by atomic mass is 9.79. The Bertz CT molecular complexity index is 242.